The number of aliphatic imine (C=N–C) groups is 1. The van der Waals surface area contributed by atoms with E-state index >= 15 is 0 Å². The van der Waals surface area contributed by atoms with E-state index in [2.05, 4.69) is 61.9 Å². The van der Waals surface area contributed by atoms with Crippen molar-refractivity contribution < 1.29 is 9.13 Å². The Labute approximate surface area is 156 Å². The SMILES string of the molecule is Cn1cc(C#Cc2ccc3[n+](c2)C[n+]2ccccc2-3)c2c1NC(N)=NC2N. The van der Waals surface area contributed by atoms with Crippen LogP contribution in [0.15, 0.2) is 53.9 Å². The first-order valence-electron chi connectivity index (χ1n) is 8.69. The van der Waals surface area contributed by atoms with Gasteiger partial charge in [0.15, 0.2) is 18.4 Å². The number of fused-ring (bicyclic) bond motifs is 4. The topological polar surface area (TPSA) is 89.1 Å². The maximum atomic E-state index is 6.15. The summed E-state index contributed by atoms with van der Waals surface area (Å²) >= 11 is 0. The van der Waals surface area contributed by atoms with E-state index in [0.29, 0.717) is 5.96 Å². The van der Waals surface area contributed by atoms with Crippen LogP contribution in [0, 0.1) is 11.8 Å². The predicted molar refractivity (Wildman–Crippen MR) is 101 cm³/mol. The van der Waals surface area contributed by atoms with Crippen LogP contribution >= 0.6 is 0 Å². The van der Waals surface area contributed by atoms with E-state index in [1.807, 2.05) is 29.9 Å². The molecule has 27 heavy (non-hydrogen) atoms. The average Bonchev–Trinajstić information content (AvgIpc) is 3.17. The Kier molecular flexibility index (Phi) is 3.29. The van der Waals surface area contributed by atoms with Gasteiger partial charge in [0.2, 0.25) is 0 Å². The number of pyridine rings is 2. The first kappa shape index (κ1) is 15.6. The highest BCUT2D eigenvalue weighted by Crippen LogP contribution is 2.30. The van der Waals surface area contributed by atoms with Gasteiger partial charge >= 0.3 is 6.67 Å². The van der Waals surface area contributed by atoms with Crippen LogP contribution in [0.5, 0.6) is 0 Å². The molecule has 0 aliphatic carbocycles. The van der Waals surface area contributed by atoms with Crippen LogP contribution in [0.4, 0.5) is 5.82 Å². The van der Waals surface area contributed by atoms with Crippen molar-refractivity contribution in [1.29, 1.82) is 0 Å². The van der Waals surface area contributed by atoms with E-state index in [9.17, 15) is 0 Å². The Morgan fingerprint density at radius 3 is 2.93 bits per heavy atom. The highest BCUT2D eigenvalue weighted by atomic mass is 15.2. The molecule has 5 heterocycles. The Hall–Kier alpha value is -3.63. The summed E-state index contributed by atoms with van der Waals surface area (Å²) in [5.41, 5.74) is 17.0. The molecule has 132 valence electrons. The Balaban J connectivity index is 1.51. The number of rotatable bonds is 0. The monoisotopic (exact) mass is 357 g/mol. The number of guanidine groups is 1. The number of nitrogens with zero attached hydrogens (tertiary/aromatic N) is 4. The van der Waals surface area contributed by atoms with Gasteiger partial charge in [-0.2, -0.15) is 0 Å². The Morgan fingerprint density at radius 1 is 1.19 bits per heavy atom. The van der Waals surface area contributed by atoms with E-state index in [1.54, 1.807) is 0 Å². The summed E-state index contributed by atoms with van der Waals surface area (Å²) in [4.78, 5) is 4.20. The summed E-state index contributed by atoms with van der Waals surface area (Å²) in [7, 11) is 1.93. The van der Waals surface area contributed by atoms with Crippen molar-refractivity contribution in [1.82, 2.24) is 4.57 Å². The summed E-state index contributed by atoms with van der Waals surface area (Å²) in [6, 6.07) is 10.4. The van der Waals surface area contributed by atoms with Crippen LogP contribution in [-0.2, 0) is 13.7 Å². The fraction of sp³-hybridized carbons (Fsp3) is 0.150. The first-order chi connectivity index (χ1) is 13.1. The van der Waals surface area contributed by atoms with Gasteiger partial charge in [0.05, 0.1) is 11.1 Å². The molecule has 3 aromatic heterocycles. The molecule has 2 aliphatic heterocycles. The zero-order valence-corrected chi connectivity index (χ0v) is 14.8. The molecule has 1 unspecified atom stereocenters. The standard InChI is InChI=1S/C20H18N7/c1-25-11-14(17-18(21)23-20(22)24-19(17)25)7-5-13-6-8-16-15-4-2-3-9-26(15)12-27(16)10-13/h2-4,6,8-11,18H,12,21H2,1H3,(H2,22,23)/q+1/p+1. The minimum atomic E-state index is -0.507. The van der Waals surface area contributed by atoms with Crippen LogP contribution in [0.2, 0.25) is 0 Å². The summed E-state index contributed by atoms with van der Waals surface area (Å²) in [5.74, 6) is 7.67. The summed E-state index contributed by atoms with van der Waals surface area (Å²) in [5, 5.41) is 3.06. The second-order valence-electron chi connectivity index (χ2n) is 6.72. The molecule has 1 atom stereocenters. The fourth-order valence-electron chi connectivity index (χ4n) is 3.67. The second kappa shape index (κ2) is 5.69. The van der Waals surface area contributed by atoms with Crippen LogP contribution in [0.3, 0.4) is 0 Å². The number of nitrogens with one attached hydrogen (secondary N) is 1. The summed E-state index contributed by atoms with van der Waals surface area (Å²) in [6.07, 6.45) is 5.61. The van der Waals surface area contributed by atoms with Crippen molar-refractivity contribution in [2.45, 2.75) is 12.8 Å². The lowest BCUT2D eigenvalue weighted by Gasteiger charge is -2.18. The average molecular weight is 357 g/mol. The molecule has 3 aromatic rings. The largest absolute Gasteiger partial charge is 0.370 e. The van der Waals surface area contributed by atoms with E-state index in [1.165, 1.54) is 11.4 Å². The maximum Gasteiger partial charge on any atom is 0.345 e. The van der Waals surface area contributed by atoms with Gasteiger partial charge in [0.25, 0.3) is 11.4 Å². The number of aromatic nitrogens is 3. The fourth-order valence-corrected chi connectivity index (χ4v) is 3.67. The zero-order valence-electron chi connectivity index (χ0n) is 14.8. The molecule has 7 heteroatoms. The number of aryl methyl sites for hydroxylation is 1. The molecule has 0 spiro atoms. The Morgan fingerprint density at radius 2 is 2.04 bits per heavy atom. The van der Waals surface area contributed by atoms with E-state index in [0.717, 1.165) is 29.2 Å². The molecule has 2 aliphatic rings. The van der Waals surface area contributed by atoms with Crippen molar-refractivity contribution in [3.05, 3.63) is 65.6 Å². The third kappa shape index (κ3) is 2.46. The van der Waals surface area contributed by atoms with Crippen molar-refractivity contribution in [2.75, 3.05) is 5.32 Å². The molecular weight excluding hydrogens is 338 g/mol. The van der Waals surface area contributed by atoms with Gasteiger partial charge in [0, 0.05) is 37.0 Å². The molecular formula is C20H19N7+2. The second-order valence-corrected chi connectivity index (χ2v) is 6.72. The molecule has 5 rings (SSSR count). The molecule has 5 N–H and O–H groups in total. The molecule has 0 saturated heterocycles. The first-order valence-corrected chi connectivity index (χ1v) is 8.69. The molecule has 0 amide bonds. The van der Waals surface area contributed by atoms with Crippen molar-refractivity contribution in [3.8, 4) is 23.2 Å². The lowest BCUT2D eigenvalue weighted by molar-refractivity contribution is -0.877. The van der Waals surface area contributed by atoms with E-state index in [4.69, 9.17) is 11.5 Å². The van der Waals surface area contributed by atoms with Crippen LogP contribution in [0.25, 0.3) is 11.4 Å². The zero-order chi connectivity index (χ0) is 18.5. The smallest absolute Gasteiger partial charge is 0.345 e. The van der Waals surface area contributed by atoms with Gasteiger partial charge in [-0.05, 0) is 12.1 Å². The number of anilines is 1. The predicted octanol–water partition coefficient (Wildman–Crippen LogP) is 0.184. The van der Waals surface area contributed by atoms with Crippen molar-refractivity contribution in [2.24, 2.45) is 23.5 Å². The molecule has 0 fully saturated rings. The molecule has 0 saturated carbocycles. The maximum absolute atomic E-state index is 6.15. The number of hydrogen-bond acceptors (Lipinski definition) is 4. The summed E-state index contributed by atoms with van der Waals surface area (Å²) < 4.78 is 6.36. The van der Waals surface area contributed by atoms with E-state index in [-0.39, 0.29) is 0 Å². The van der Waals surface area contributed by atoms with E-state index < -0.39 is 6.17 Å². The van der Waals surface area contributed by atoms with Gasteiger partial charge in [-0.1, -0.05) is 11.8 Å². The minimum absolute atomic E-state index is 0.322. The minimum Gasteiger partial charge on any atom is -0.370 e. The van der Waals surface area contributed by atoms with Gasteiger partial charge in [-0.3, -0.25) is 0 Å². The lowest BCUT2D eigenvalue weighted by atomic mass is 10.1. The highest BCUT2D eigenvalue weighted by molar-refractivity contribution is 5.94. The Bertz CT molecular complexity index is 1180. The lowest BCUT2D eigenvalue weighted by Crippen LogP contribution is -2.45. The normalized spacial score (nSPS) is 16.4. The van der Waals surface area contributed by atoms with Gasteiger partial charge < -0.3 is 21.4 Å². The highest BCUT2D eigenvalue weighted by Gasteiger charge is 2.32. The van der Waals surface area contributed by atoms with Crippen LogP contribution in [-0.4, -0.2) is 10.5 Å². The third-order valence-corrected chi connectivity index (χ3v) is 4.92. The molecule has 0 aromatic carbocycles. The quantitative estimate of drug-likeness (QED) is 0.310. The van der Waals surface area contributed by atoms with Crippen LogP contribution < -0.4 is 25.9 Å². The van der Waals surface area contributed by atoms with Gasteiger partial charge in [-0.25, -0.2) is 4.99 Å². The number of hydrogen-bond donors (Lipinski definition) is 3. The van der Waals surface area contributed by atoms with Crippen molar-refractivity contribution in [3.63, 3.8) is 0 Å². The molecule has 0 bridgehead atoms. The summed E-state index contributed by atoms with van der Waals surface area (Å²) in [6.45, 7) is 0.796. The molecule has 0 radical (unpaired) electrons. The van der Waals surface area contributed by atoms with Gasteiger partial charge in [0.1, 0.15) is 12.0 Å². The van der Waals surface area contributed by atoms with Crippen LogP contribution in [0.1, 0.15) is 22.9 Å². The third-order valence-electron chi connectivity index (χ3n) is 4.92. The van der Waals surface area contributed by atoms with Gasteiger partial charge in [-0.15, -0.1) is 9.13 Å². The van der Waals surface area contributed by atoms with Crippen molar-refractivity contribution >= 4 is 11.8 Å². The number of nitrogens with two attached hydrogens (primary N) is 2. The molecule has 7 nitrogen and oxygen atoms in total.